The zero-order valence-electron chi connectivity index (χ0n) is 24.2. The predicted octanol–water partition coefficient (Wildman–Crippen LogP) is 6.40. The topological polar surface area (TPSA) is 119 Å². The Kier molecular flexibility index (Phi) is 7.36. The molecule has 0 aliphatic carbocycles. The summed E-state index contributed by atoms with van der Waals surface area (Å²) in [5.74, 6) is 0.597. The van der Waals surface area contributed by atoms with Crippen LogP contribution in [0.3, 0.4) is 0 Å². The maximum Gasteiger partial charge on any atom is 0.407 e. The molecule has 3 aromatic carbocycles. The second-order valence-corrected chi connectivity index (χ2v) is 11.9. The van der Waals surface area contributed by atoms with Gasteiger partial charge in [0.2, 0.25) is 0 Å². The van der Waals surface area contributed by atoms with Gasteiger partial charge in [-0.2, -0.15) is 15.2 Å². The van der Waals surface area contributed by atoms with E-state index in [9.17, 15) is 15.2 Å². The Morgan fingerprint density at radius 2 is 1.95 bits per heavy atom. The Balaban J connectivity index is 1.41. The lowest BCUT2D eigenvalue weighted by molar-refractivity contribution is 0.119. The van der Waals surface area contributed by atoms with Gasteiger partial charge in [0, 0.05) is 41.5 Å². The van der Waals surface area contributed by atoms with Gasteiger partial charge in [-0.25, -0.2) is 4.79 Å². The molecule has 2 saturated heterocycles. The predicted molar refractivity (Wildman–Crippen MR) is 169 cm³/mol. The molecule has 5 aromatic rings. The SMILES string of the molecule is CN1CCC[C@H]1COc1nc(N2CCN(C(=O)O)[C@@H](CC#N)C2)c2c(cc(-c3cccc4cccc(Cl)c34)c3ccoc32)n1. The molecule has 2 aliphatic rings. The van der Waals surface area contributed by atoms with Crippen molar-refractivity contribution in [3.8, 4) is 23.2 Å². The van der Waals surface area contributed by atoms with Crippen LogP contribution < -0.4 is 9.64 Å². The average Bonchev–Trinajstić information content (AvgIpc) is 3.68. The van der Waals surface area contributed by atoms with Crippen LogP contribution in [0.25, 0.3) is 43.8 Å². The number of aromatic nitrogens is 2. The Morgan fingerprint density at radius 3 is 2.73 bits per heavy atom. The number of carbonyl (C=O) groups is 1. The number of ether oxygens (including phenoxy) is 1. The number of likely N-dealkylation sites (tertiary alicyclic amines) is 1. The summed E-state index contributed by atoms with van der Waals surface area (Å²) in [6.07, 6.45) is 2.86. The molecular formula is C33H31ClN6O4. The third-order valence-corrected chi connectivity index (χ3v) is 9.25. The zero-order chi connectivity index (χ0) is 30.4. The highest BCUT2D eigenvalue weighted by molar-refractivity contribution is 6.37. The zero-order valence-corrected chi connectivity index (χ0v) is 25.0. The number of hydrogen-bond acceptors (Lipinski definition) is 8. The second kappa shape index (κ2) is 11.5. The summed E-state index contributed by atoms with van der Waals surface area (Å²) in [5, 5.41) is 23.5. The fraction of sp³-hybridized carbons (Fsp3) is 0.333. The maximum absolute atomic E-state index is 11.9. The molecular weight excluding hydrogens is 580 g/mol. The minimum atomic E-state index is -1.03. The number of furan rings is 1. The van der Waals surface area contributed by atoms with Crippen LogP contribution in [0.2, 0.25) is 5.02 Å². The fourth-order valence-electron chi connectivity index (χ4n) is 6.67. The number of nitriles is 1. The van der Waals surface area contributed by atoms with E-state index in [-0.39, 0.29) is 25.0 Å². The maximum atomic E-state index is 11.9. The summed E-state index contributed by atoms with van der Waals surface area (Å²) in [4.78, 5) is 27.4. The Hall–Kier alpha value is -4.59. The van der Waals surface area contributed by atoms with Crippen LogP contribution in [-0.4, -0.2) is 82.9 Å². The van der Waals surface area contributed by atoms with Crippen molar-refractivity contribution in [1.82, 2.24) is 19.8 Å². The molecule has 1 amide bonds. The van der Waals surface area contributed by atoms with Crippen LogP contribution in [0, 0.1) is 11.3 Å². The standard InChI is InChI=1S/C33H31ClN6O4/c1-38-13-4-7-22(38)19-44-32-36-27-17-25(23-8-2-5-20-6-3-9-26(34)28(20)23)24-11-16-43-30(24)29(27)31(37-32)39-14-15-40(33(41)42)21(18-39)10-12-35/h2-3,5-6,8-9,11,16-17,21-22H,4,7,10,13-15,18-19H2,1H3,(H,41,42)/t21-,22-/m0/s1. The van der Waals surface area contributed by atoms with E-state index in [1.165, 1.54) is 4.90 Å². The second-order valence-electron chi connectivity index (χ2n) is 11.5. The third kappa shape index (κ3) is 4.92. The molecule has 10 nitrogen and oxygen atoms in total. The number of piperazine rings is 1. The first-order valence-corrected chi connectivity index (χ1v) is 15.1. The molecule has 7 rings (SSSR count). The number of carboxylic acid groups (broad SMARTS) is 1. The van der Waals surface area contributed by atoms with Crippen molar-refractivity contribution in [2.75, 3.05) is 44.7 Å². The van der Waals surface area contributed by atoms with Crippen molar-refractivity contribution in [2.45, 2.75) is 31.3 Å². The molecule has 2 fully saturated rings. The van der Waals surface area contributed by atoms with Crippen molar-refractivity contribution in [1.29, 1.82) is 5.26 Å². The molecule has 2 aromatic heterocycles. The normalized spacial score (nSPS) is 19.2. The molecule has 44 heavy (non-hydrogen) atoms. The number of rotatable bonds is 6. The summed E-state index contributed by atoms with van der Waals surface area (Å²) in [6, 6.07) is 18.1. The van der Waals surface area contributed by atoms with Crippen LogP contribution in [0.15, 0.2) is 59.2 Å². The van der Waals surface area contributed by atoms with Crippen LogP contribution in [0.1, 0.15) is 19.3 Å². The van der Waals surface area contributed by atoms with Gasteiger partial charge in [-0.05, 0) is 61.1 Å². The first-order valence-electron chi connectivity index (χ1n) is 14.8. The van der Waals surface area contributed by atoms with E-state index < -0.39 is 12.1 Å². The van der Waals surface area contributed by atoms with Gasteiger partial charge in [-0.1, -0.05) is 41.9 Å². The number of likely N-dealkylation sites (N-methyl/N-ethyl adjacent to an activating group) is 1. The molecule has 0 bridgehead atoms. The van der Waals surface area contributed by atoms with Gasteiger partial charge in [-0.15, -0.1) is 0 Å². The van der Waals surface area contributed by atoms with E-state index in [2.05, 4.69) is 24.1 Å². The molecule has 0 unspecified atom stereocenters. The highest BCUT2D eigenvalue weighted by Gasteiger charge is 2.33. The monoisotopic (exact) mass is 610 g/mol. The minimum absolute atomic E-state index is 0.0747. The van der Waals surface area contributed by atoms with Gasteiger partial charge in [0.15, 0.2) is 0 Å². The highest BCUT2D eigenvalue weighted by Crippen LogP contribution is 2.43. The number of fused-ring (bicyclic) bond motifs is 4. The summed E-state index contributed by atoms with van der Waals surface area (Å²) < 4.78 is 12.4. The summed E-state index contributed by atoms with van der Waals surface area (Å²) in [7, 11) is 2.10. The van der Waals surface area contributed by atoms with Crippen LogP contribution in [0.5, 0.6) is 6.01 Å². The van der Waals surface area contributed by atoms with Crippen LogP contribution >= 0.6 is 11.6 Å². The van der Waals surface area contributed by atoms with Gasteiger partial charge < -0.3 is 29.0 Å². The lowest BCUT2D eigenvalue weighted by Crippen LogP contribution is -2.55. The van der Waals surface area contributed by atoms with Crippen molar-refractivity contribution < 1.29 is 19.1 Å². The number of halogens is 1. The van der Waals surface area contributed by atoms with Crippen molar-refractivity contribution in [3.63, 3.8) is 0 Å². The summed E-state index contributed by atoms with van der Waals surface area (Å²) in [5.41, 5.74) is 3.14. The van der Waals surface area contributed by atoms with Gasteiger partial charge in [0.25, 0.3) is 0 Å². The minimum Gasteiger partial charge on any atom is -0.465 e. The molecule has 4 heterocycles. The number of nitrogens with zero attached hydrogens (tertiary/aromatic N) is 6. The molecule has 0 radical (unpaired) electrons. The third-order valence-electron chi connectivity index (χ3n) is 8.94. The van der Waals surface area contributed by atoms with Gasteiger partial charge >= 0.3 is 12.1 Å². The Labute approximate surface area is 259 Å². The van der Waals surface area contributed by atoms with Crippen molar-refractivity contribution >= 4 is 56.2 Å². The largest absolute Gasteiger partial charge is 0.465 e. The molecule has 11 heteroatoms. The van der Waals surface area contributed by atoms with Crippen molar-refractivity contribution in [2.24, 2.45) is 0 Å². The average molecular weight is 611 g/mol. The number of hydrogen-bond donors (Lipinski definition) is 1. The van der Waals surface area contributed by atoms with Gasteiger partial charge in [-0.3, -0.25) is 0 Å². The molecule has 224 valence electrons. The Bertz CT molecular complexity index is 1930. The highest BCUT2D eigenvalue weighted by atomic mass is 35.5. The molecule has 0 spiro atoms. The first kappa shape index (κ1) is 28.2. The quantitative estimate of drug-likeness (QED) is 0.233. The Morgan fingerprint density at radius 1 is 1.11 bits per heavy atom. The van der Waals surface area contributed by atoms with Gasteiger partial charge in [0.1, 0.15) is 18.0 Å². The van der Waals surface area contributed by atoms with E-state index in [4.69, 9.17) is 30.7 Å². The van der Waals surface area contributed by atoms with E-state index in [0.717, 1.165) is 46.7 Å². The lowest BCUT2D eigenvalue weighted by atomic mass is 9.94. The lowest BCUT2D eigenvalue weighted by Gasteiger charge is -2.39. The van der Waals surface area contributed by atoms with Gasteiger partial charge in [0.05, 0.1) is 35.7 Å². The summed E-state index contributed by atoms with van der Waals surface area (Å²) >= 11 is 6.75. The van der Waals surface area contributed by atoms with Crippen molar-refractivity contribution in [3.05, 3.63) is 59.8 Å². The number of benzene rings is 3. The van der Waals surface area contributed by atoms with E-state index in [0.29, 0.717) is 47.0 Å². The smallest absolute Gasteiger partial charge is 0.407 e. The number of amides is 1. The number of anilines is 1. The molecule has 1 N–H and O–H groups in total. The van der Waals surface area contributed by atoms with E-state index in [1.54, 1.807) is 6.26 Å². The molecule has 2 atom stereocenters. The first-order chi connectivity index (χ1) is 21.4. The van der Waals surface area contributed by atoms with E-state index in [1.807, 2.05) is 47.4 Å². The summed E-state index contributed by atoms with van der Waals surface area (Å²) in [6.45, 7) is 2.43. The van der Waals surface area contributed by atoms with E-state index >= 15 is 0 Å². The molecule has 2 aliphatic heterocycles. The fourth-order valence-corrected chi connectivity index (χ4v) is 6.96. The van der Waals surface area contributed by atoms with Crippen LogP contribution in [-0.2, 0) is 0 Å². The van der Waals surface area contributed by atoms with Crippen LogP contribution in [0.4, 0.5) is 10.6 Å². The molecule has 0 saturated carbocycles.